The molecular formula is C12H12F3NO3S. The van der Waals surface area contributed by atoms with Gasteiger partial charge >= 0.3 is 0 Å². The van der Waals surface area contributed by atoms with Crippen LogP contribution in [0.5, 0.6) is 0 Å². The van der Waals surface area contributed by atoms with Gasteiger partial charge in [-0.15, -0.1) is 0 Å². The van der Waals surface area contributed by atoms with Crippen molar-refractivity contribution in [1.82, 2.24) is 0 Å². The molecule has 0 bridgehead atoms. The summed E-state index contributed by atoms with van der Waals surface area (Å²) in [5.41, 5.74) is -0.456. The molecule has 20 heavy (non-hydrogen) atoms. The van der Waals surface area contributed by atoms with Crippen LogP contribution in [0.1, 0.15) is 12.8 Å². The molecule has 1 fully saturated rings. The lowest BCUT2D eigenvalue weighted by atomic mass is 10.0. The highest BCUT2D eigenvalue weighted by Gasteiger charge is 2.29. The van der Waals surface area contributed by atoms with E-state index < -0.39 is 44.8 Å². The normalized spacial score (nSPS) is 18.8. The van der Waals surface area contributed by atoms with E-state index in [-0.39, 0.29) is 24.3 Å². The van der Waals surface area contributed by atoms with Gasteiger partial charge in [0.1, 0.15) is 9.84 Å². The molecule has 0 aliphatic carbocycles. The van der Waals surface area contributed by atoms with Crippen LogP contribution in [0.15, 0.2) is 12.1 Å². The van der Waals surface area contributed by atoms with Crippen molar-refractivity contribution in [2.24, 2.45) is 5.92 Å². The lowest BCUT2D eigenvalue weighted by Crippen LogP contribution is -2.32. The number of sulfone groups is 1. The average Bonchev–Trinajstić information content (AvgIpc) is 2.39. The van der Waals surface area contributed by atoms with Crippen LogP contribution in [0.2, 0.25) is 0 Å². The zero-order valence-corrected chi connectivity index (χ0v) is 11.1. The SMILES string of the molecule is O=C(Nc1ccc(F)c(F)c1F)C1CCS(=O)(=O)CC1. The average molecular weight is 307 g/mol. The van der Waals surface area contributed by atoms with Crippen LogP contribution in [0.3, 0.4) is 0 Å². The van der Waals surface area contributed by atoms with Gasteiger partial charge < -0.3 is 5.32 Å². The highest BCUT2D eigenvalue weighted by Crippen LogP contribution is 2.23. The summed E-state index contributed by atoms with van der Waals surface area (Å²) < 4.78 is 61.6. The van der Waals surface area contributed by atoms with Gasteiger partial charge in [0, 0.05) is 5.92 Å². The summed E-state index contributed by atoms with van der Waals surface area (Å²) in [6.07, 6.45) is 0.277. The van der Waals surface area contributed by atoms with Gasteiger partial charge in [-0.3, -0.25) is 4.79 Å². The van der Waals surface area contributed by atoms with E-state index in [1.54, 1.807) is 0 Å². The van der Waals surface area contributed by atoms with Crippen LogP contribution >= 0.6 is 0 Å². The van der Waals surface area contributed by atoms with E-state index >= 15 is 0 Å². The van der Waals surface area contributed by atoms with Gasteiger partial charge in [-0.25, -0.2) is 21.6 Å². The molecule has 1 aliphatic heterocycles. The number of carbonyl (C=O) groups excluding carboxylic acids is 1. The highest BCUT2D eigenvalue weighted by atomic mass is 32.2. The molecule has 4 nitrogen and oxygen atoms in total. The molecule has 0 saturated carbocycles. The first-order valence-corrected chi connectivity index (χ1v) is 7.77. The summed E-state index contributed by atoms with van der Waals surface area (Å²) in [7, 11) is -3.11. The number of hydrogen-bond acceptors (Lipinski definition) is 3. The monoisotopic (exact) mass is 307 g/mol. The second-order valence-corrected chi connectivity index (χ2v) is 6.94. The van der Waals surface area contributed by atoms with Crippen LogP contribution in [0, 0.1) is 23.4 Å². The summed E-state index contributed by atoms with van der Waals surface area (Å²) in [6, 6.07) is 1.63. The van der Waals surface area contributed by atoms with Crippen molar-refractivity contribution in [1.29, 1.82) is 0 Å². The van der Waals surface area contributed by atoms with Crippen molar-refractivity contribution >= 4 is 21.4 Å². The Morgan fingerprint density at radius 2 is 1.70 bits per heavy atom. The lowest BCUT2D eigenvalue weighted by molar-refractivity contribution is -0.120. The number of hydrogen-bond donors (Lipinski definition) is 1. The topological polar surface area (TPSA) is 63.2 Å². The number of benzene rings is 1. The molecule has 1 aromatic carbocycles. The molecule has 2 rings (SSSR count). The van der Waals surface area contributed by atoms with Crippen LogP contribution < -0.4 is 5.32 Å². The second-order valence-electron chi connectivity index (χ2n) is 4.64. The first kappa shape index (κ1) is 14.8. The molecule has 0 atom stereocenters. The van der Waals surface area contributed by atoms with Gasteiger partial charge in [-0.1, -0.05) is 0 Å². The summed E-state index contributed by atoms with van der Waals surface area (Å²) in [5.74, 6) is -5.85. The van der Waals surface area contributed by atoms with Crippen molar-refractivity contribution in [2.75, 3.05) is 16.8 Å². The molecule has 0 aromatic heterocycles. The van der Waals surface area contributed by atoms with Gasteiger partial charge in [0.05, 0.1) is 17.2 Å². The van der Waals surface area contributed by atoms with E-state index in [2.05, 4.69) is 5.32 Å². The smallest absolute Gasteiger partial charge is 0.227 e. The van der Waals surface area contributed by atoms with Crippen molar-refractivity contribution in [3.63, 3.8) is 0 Å². The van der Waals surface area contributed by atoms with E-state index in [1.807, 2.05) is 0 Å². The molecule has 1 saturated heterocycles. The number of halogens is 3. The molecule has 1 amide bonds. The lowest BCUT2D eigenvalue weighted by Gasteiger charge is -2.21. The van der Waals surface area contributed by atoms with E-state index in [4.69, 9.17) is 0 Å². The van der Waals surface area contributed by atoms with Crippen LogP contribution in [-0.2, 0) is 14.6 Å². The number of nitrogens with one attached hydrogen (secondary N) is 1. The fraction of sp³-hybridized carbons (Fsp3) is 0.417. The zero-order chi connectivity index (χ0) is 14.9. The van der Waals surface area contributed by atoms with Crippen LogP contribution in [-0.4, -0.2) is 25.8 Å². The molecule has 0 unspecified atom stereocenters. The molecule has 8 heteroatoms. The molecule has 0 spiro atoms. The number of rotatable bonds is 2. The third kappa shape index (κ3) is 3.12. The predicted molar refractivity (Wildman–Crippen MR) is 66.3 cm³/mol. The summed E-state index contributed by atoms with van der Waals surface area (Å²) in [4.78, 5) is 11.8. The molecule has 0 radical (unpaired) electrons. The number of carbonyl (C=O) groups is 1. The molecular weight excluding hydrogens is 295 g/mol. The maximum atomic E-state index is 13.4. The second kappa shape index (κ2) is 5.43. The Bertz CT molecular complexity index is 632. The van der Waals surface area contributed by atoms with Crippen molar-refractivity contribution in [3.8, 4) is 0 Å². The largest absolute Gasteiger partial charge is 0.323 e. The summed E-state index contributed by atoms with van der Waals surface area (Å²) in [5, 5.41) is 2.16. The van der Waals surface area contributed by atoms with E-state index in [1.165, 1.54) is 0 Å². The number of anilines is 1. The first-order chi connectivity index (χ1) is 9.30. The summed E-state index contributed by atoms with van der Waals surface area (Å²) in [6.45, 7) is 0. The van der Waals surface area contributed by atoms with E-state index in [9.17, 15) is 26.4 Å². The predicted octanol–water partition coefficient (Wildman–Crippen LogP) is 1.87. The Labute approximate surface area is 113 Å². The molecule has 1 heterocycles. The van der Waals surface area contributed by atoms with Gasteiger partial charge in [0.25, 0.3) is 0 Å². The zero-order valence-electron chi connectivity index (χ0n) is 10.3. The minimum absolute atomic E-state index is 0.106. The Hall–Kier alpha value is -1.57. The van der Waals surface area contributed by atoms with E-state index in [0.29, 0.717) is 6.07 Å². The van der Waals surface area contributed by atoms with Crippen LogP contribution in [0.25, 0.3) is 0 Å². The Morgan fingerprint density at radius 1 is 1.10 bits per heavy atom. The van der Waals surface area contributed by atoms with Crippen LogP contribution in [0.4, 0.5) is 18.9 Å². The van der Waals surface area contributed by atoms with Gasteiger partial charge in [0.2, 0.25) is 5.91 Å². The van der Waals surface area contributed by atoms with Crippen molar-refractivity contribution < 1.29 is 26.4 Å². The van der Waals surface area contributed by atoms with Crippen molar-refractivity contribution in [3.05, 3.63) is 29.6 Å². The first-order valence-electron chi connectivity index (χ1n) is 5.95. The Balaban J connectivity index is 2.08. The standard InChI is InChI=1S/C12H12F3NO3S/c13-8-1-2-9(11(15)10(8)14)16-12(17)7-3-5-20(18,19)6-4-7/h1-2,7H,3-6H2,(H,16,17). The molecule has 1 N–H and O–H groups in total. The minimum Gasteiger partial charge on any atom is -0.323 e. The quantitative estimate of drug-likeness (QED) is 0.848. The third-order valence-corrected chi connectivity index (χ3v) is 4.93. The minimum atomic E-state index is -3.11. The molecule has 1 aliphatic rings. The van der Waals surface area contributed by atoms with Crippen molar-refractivity contribution in [2.45, 2.75) is 12.8 Å². The maximum Gasteiger partial charge on any atom is 0.227 e. The van der Waals surface area contributed by atoms with Gasteiger partial charge in [-0.2, -0.15) is 0 Å². The Morgan fingerprint density at radius 3 is 2.30 bits per heavy atom. The van der Waals surface area contributed by atoms with E-state index in [0.717, 1.165) is 6.07 Å². The Kier molecular flexibility index (Phi) is 4.03. The highest BCUT2D eigenvalue weighted by molar-refractivity contribution is 7.91. The number of amides is 1. The molecule has 110 valence electrons. The third-order valence-electron chi connectivity index (χ3n) is 3.22. The summed E-state index contributed by atoms with van der Waals surface area (Å²) >= 11 is 0. The fourth-order valence-electron chi connectivity index (χ4n) is 2.01. The fourth-order valence-corrected chi connectivity index (χ4v) is 3.50. The van der Waals surface area contributed by atoms with Gasteiger partial charge in [-0.05, 0) is 25.0 Å². The molecule has 1 aromatic rings. The van der Waals surface area contributed by atoms with Gasteiger partial charge in [0.15, 0.2) is 17.5 Å². The maximum absolute atomic E-state index is 13.4.